The number of hydrogen-bond donors (Lipinski definition) is 0. The standard InChI is InChI=1S/C13H14Cl2/c1-2-3-4-5-6-8-11-12(14)9-7-10-13(11)15/h7,9-10H,2-5H2,1H3. The summed E-state index contributed by atoms with van der Waals surface area (Å²) in [6.45, 7) is 2.18. The van der Waals surface area contributed by atoms with Crippen molar-refractivity contribution in [2.24, 2.45) is 0 Å². The summed E-state index contributed by atoms with van der Waals surface area (Å²) < 4.78 is 0. The van der Waals surface area contributed by atoms with Crippen molar-refractivity contribution in [1.82, 2.24) is 0 Å². The predicted octanol–water partition coefficient (Wildman–Crippen LogP) is 4.93. The van der Waals surface area contributed by atoms with Gasteiger partial charge < -0.3 is 0 Å². The van der Waals surface area contributed by atoms with Crippen molar-refractivity contribution in [2.75, 3.05) is 0 Å². The Morgan fingerprint density at radius 2 is 1.80 bits per heavy atom. The van der Waals surface area contributed by atoms with Gasteiger partial charge in [0.2, 0.25) is 0 Å². The van der Waals surface area contributed by atoms with E-state index in [9.17, 15) is 0 Å². The molecule has 0 bridgehead atoms. The molecule has 0 nitrogen and oxygen atoms in total. The summed E-state index contributed by atoms with van der Waals surface area (Å²) in [5.74, 6) is 6.13. The fourth-order valence-electron chi connectivity index (χ4n) is 1.23. The van der Waals surface area contributed by atoms with Crippen LogP contribution in [-0.2, 0) is 0 Å². The van der Waals surface area contributed by atoms with Crippen molar-refractivity contribution in [3.05, 3.63) is 33.8 Å². The van der Waals surface area contributed by atoms with E-state index in [1.54, 1.807) is 0 Å². The molecule has 0 spiro atoms. The first-order chi connectivity index (χ1) is 7.25. The Morgan fingerprint density at radius 1 is 1.13 bits per heavy atom. The molecule has 0 aliphatic rings. The molecule has 0 heterocycles. The largest absolute Gasteiger partial charge is 0.0978 e. The molecule has 15 heavy (non-hydrogen) atoms. The third-order valence-electron chi connectivity index (χ3n) is 2.08. The Bertz CT molecular complexity index is 352. The van der Waals surface area contributed by atoms with E-state index in [0.29, 0.717) is 10.0 Å². The number of unbranched alkanes of at least 4 members (excludes halogenated alkanes) is 3. The van der Waals surface area contributed by atoms with E-state index in [1.807, 2.05) is 18.2 Å². The molecule has 0 unspecified atom stereocenters. The second-order valence-corrected chi connectivity index (χ2v) is 4.17. The third kappa shape index (κ3) is 4.16. The molecule has 0 aliphatic heterocycles. The molecule has 0 saturated heterocycles. The van der Waals surface area contributed by atoms with Crippen LogP contribution < -0.4 is 0 Å². The number of rotatable bonds is 3. The Hall–Kier alpha value is -0.640. The van der Waals surface area contributed by atoms with Crippen molar-refractivity contribution < 1.29 is 0 Å². The monoisotopic (exact) mass is 240 g/mol. The van der Waals surface area contributed by atoms with E-state index < -0.39 is 0 Å². The quantitative estimate of drug-likeness (QED) is 0.520. The molecule has 1 rings (SSSR count). The van der Waals surface area contributed by atoms with E-state index >= 15 is 0 Å². The highest BCUT2D eigenvalue weighted by molar-refractivity contribution is 6.36. The first-order valence-corrected chi connectivity index (χ1v) is 5.94. The van der Waals surface area contributed by atoms with Crippen LogP contribution in [0.15, 0.2) is 18.2 Å². The van der Waals surface area contributed by atoms with Crippen LogP contribution in [0.2, 0.25) is 10.0 Å². The minimum absolute atomic E-state index is 0.630. The molecule has 1 aromatic rings. The van der Waals surface area contributed by atoms with Gasteiger partial charge in [-0.05, 0) is 18.6 Å². The summed E-state index contributed by atoms with van der Waals surface area (Å²) >= 11 is 12.0. The zero-order valence-corrected chi connectivity index (χ0v) is 10.3. The van der Waals surface area contributed by atoms with E-state index in [0.717, 1.165) is 18.4 Å². The lowest BCUT2D eigenvalue weighted by atomic mass is 10.2. The van der Waals surface area contributed by atoms with Gasteiger partial charge in [0.25, 0.3) is 0 Å². The highest BCUT2D eigenvalue weighted by Gasteiger charge is 2.00. The molecule has 0 saturated carbocycles. The first kappa shape index (κ1) is 12.4. The number of halogens is 2. The SMILES string of the molecule is CCCCCC#Cc1c(Cl)cccc1Cl. The minimum atomic E-state index is 0.630. The van der Waals surface area contributed by atoms with Gasteiger partial charge in [0.15, 0.2) is 0 Å². The summed E-state index contributed by atoms with van der Waals surface area (Å²) in [7, 11) is 0. The molecule has 0 fully saturated rings. The average molecular weight is 241 g/mol. The topological polar surface area (TPSA) is 0 Å². The summed E-state index contributed by atoms with van der Waals surface area (Å²) in [4.78, 5) is 0. The lowest BCUT2D eigenvalue weighted by Gasteiger charge is -1.97. The van der Waals surface area contributed by atoms with Crippen LogP contribution in [0.5, 0.6) is 0 Å². The van der Waals surface area contributed by atoms with Gasteiger partial charge in [0, 0.05) is 6.42 Å². The molecule has 0 aliphatic carbocycles. The van der Waals surface area contributed by atoms with Gasteiger partial charge >= 0.3 is 0 Å². The fourth-order valence-corrected chi connectivity index (χ4v) is 1.72. The van der Waals surface area contributed by atoms with Crippen molar-refractivity contribution in [3.63, 3.8) is 0 Å². The highest BCUT2D eigenvalue weighted by atomic mass is 35.5. The number of hydrogen-bond acceptors (Lipinski definition) is 0. The summed E-state index contributed by atoms with van der Waals surface area (Å²) in [5, 5.41) is 1.26. The zero-order chi connectivity index (χ0) is 11.1. The Kier molecular flexibility index (Phi) is 5.61. The smallest absolute Gasteiger partial charge is 0.0617 e. The molecule has 0 amide bonds. The van der Waals surface area contributed by atoms with Crippen LogP contribution >= 0.6 is 23.2 Å². The molecule has 80 valence electrons. The Labute approximate surface area is 102 Å². The van der Waals surface area contributed by atoms with Gasteiger partial charge in [0.1, 0.15) is 0 Å². The Balaban J connectivity index is 2.63. The van der Waals surface area contributed by atoms with Crippen molar-refractivity contribution in [1.29, 1.82) is 0 Å². The van der Waals surface area contributed by atoms with Crippen LogP contribution in [0.4, 0.5) is 0 Å². The second-order valence-electron chi connectivity index (χ2n) is 3.36. The normalized spacial score (nSPS) is 9.53. The Morgan fingerprint density at radius 3 is 2.40 bits per heavy atom. The minimum Gasteiger partial charge on any atom is -0.0978 e. The van der Waals surface area contributed by atoms with Crippen LogP contribution in [0.3, 0.4) is 0 Å². The molecular weight excluding hydrogens is 227 g/mol. The maximum absolute atomic E-state index is 5.98. The average Bonchev–Trinajstić information content (AvgIpc) is 2.21. The summed E-state index contributed by atoms with van der Waals surface area (Å²) in [5.41, 5.74) is 0.748. The van der Waals surface area contributed by atoms with E-state index in [-0.39, 0.29) is 0 Å². The second kappa shape index (κ2) is 6.77. The number of benzene rings is 1. The maximum Gasteiger partial charge on any atom is 0.0617 e. The summed E-state index contributed by atoms with van der Waals surface area (Å²) in [6.07, 6.45) is 4.50. The predicted molar refractivity (Wildman–Crippen MR) is 67.5 cm³/mol. The van der Waals surface area contributed by atoms with Crippen molar-refractivity contribution in [3.8, 4) is 11.8 Å². The van der Waals surface area contributed by atoms with E-state index in [1.165, 1.54) is 12.8 Å². The lowest BCUT2D eigenvalue weighted by Crippen LogP contribution is -1.79. The maximum atomic E-state index is 5.98. The highest BCUT2D eigenvalue weighted by Crippen LogP contribution is 2.22. The van der Waals surface area contributed by atoms with E-state index in [4.69, 9.17) is 23.2 Å². The van der Waals surface area contributed by atoms with Crippen molar-refractivity contribution in [2.45, 2.75) is 32.6 Å². The molecule has 2 heteroatoms. The van der Waals surface area contributed by atoms with Crippen LogP contribution in [0.25, 0.3) is 0 Å². The van der Waals surface area contributed by atoms with Gasteiger partial charge in [-0.3, -0.25) is 0 Å². The van der Waals surface area contributed by atoms with Gasteiger partial charge in [-0.15, -0.1) is 0 Å². The molecule has 0 atom stereocenters. The fraction of sp³-hybridized carbons (Fsp3) is 0.385. The van der Waals surface area contributed by atoms with Gasteiger partial charge in [0.05, 0.1) is 15.6 Å². The van der Waals surface area contributed by atoms with Crippen LogP contribution in [-0.4, -0.2) is 0 Å². The first-order valence-electron chi connectivity index (χ1n) is 5.18. The lowest BCUT2D eigenvalue weighted by molar-refractivity contribution is 0.737. The third-order valence-corrected chi connectivity index (χ3v) is 2.71. The molecule has 1 aromatic carbocycles. The molecule has 0 radical (unpaired) electrons. The van der Waals surface area contributed by atoms with Crippen LogP contribution in [0, 0.1) is 11.8 Å². The zero-order valence-electron chi connectivity index (χ0n) is 8.82. The van der Waals surface area contributed by atoms with Crippen LogP contribution in [0.1, 0.15) is 38.2 Å². The molecule has 0 aromatic heterocycles. The van der Waals surface area contributed by atoms with E-state index in [2.05, 4.69) is 18.8 Å². The van der Waals surface area contributed by atoms with Gasteiger partial charge in [-0.1, -0.05) is 60.9 Å². The van der Waals surface area contributed by atoms with Crippen molar-refractivity contribution >= 4 is 23.2 Å². The summed E-state index contributed by atoms with van der Waals surface area (Å²) in [6, 6.07) is 5.44. The molecule has 0 N–H and O–H groups in total. The molecular formula is C13H14Cl2. The van der Waals surface area contributed by atoms with Gasteiger partial charge in [-0.2, -0.15) is 0 Å². The van der Waals surface area contributed by atoms with Gasteiger partial charge in [-0.25, -0.2) is 0 Å².